The summed E-state index contributed by atoms with van der Waals surface area (Å²) in [5.41, 5.74) is 12.5. The molecule has 12 aliphatic rings. The van der Waals surface area contributed by atoms with E-state index < -0.39 is 17.9 Å². The van der Waals surface area contributed by atoms with Crippen molar-refractivity contribution in [2.24, 2.45) is 70.0 Å². The average molecular weight is 1340 g/mol. The monoisotopic (exact) mass is 1340 g/mol. The molecule has 4 saturated carbocycles. The number of hydrogen-bond acceptors (Lipinski definition) is 13. The maximum Gasteiger partial charge on any atom is 1.00 e. The molecule has 17 heteroatoms. The molecule has 94 heavy (non-hydrogen) atoms. The van der Waals surface area contributed by atoms with E-state index in [9.17, 15) is 28.8 Å². The van der Waals surface area contributed by atoms with Crippen molar-refractivity contribution < 1.29 is 82.2 Å². The maximum atomic E-state index is 12.2. The second kappa shape index (κ2) is 33.0. The molecule has 8 fully saturated rings. The van der Waals surface area contributed by atoms with Gasteiger partial charge in [0.15, 0.2) is 11.6 Å². The van der Waals surface area contributed by atoms with E-state index in [1.54, 1.807) is 34.4 Å². The van der Waals surface area contributed by atoms with Crippen molar-refractivity contribution in [1.82, 2.24) is 10.2 Å². The summed E-state index contributed by atoms with van der Waals surface area (Å²) >= 11 is 9.53. The Morgan fingerprint density at radius 2 is 1.12 bits per heavy atom. The second-order valence-electron chi connectivity index (χ2n) is 30.3. The quantitative estimate of drug-likeness (QED) is 0.0772. The number of aldehydes is 1. The molecule has 0 aromatic heterocycles. The van der Waals surface area contributed by atoms with Crippen molar-refractivity contribution in [3.05, 3.63) is 117 Å². The van der Waals surface area contributed by atoms with Gasteiger partial charge >= 0.3 is 41.5 Å². The molecule has 2 aromatic rings. The van der Waals surface area contributed by atoms with Gasteiger partial charge in [-0.05, 0) is 199 Å². The van der Waals surface area contributed by atoms with Crippen LogP contribution in [0.15, 0.2) is 106 Å². The molecule has 1 N–H and O–H groups in total. The number of carbonyl (C=O) groups excluding carboxylic acids is 6. The predicted octanol–water partition coefficient (Wildman–Crippen LogP) is 12.7. The summed E-state index contributed by atoms with van der Waals surface area (Å²) in [6, 6.07) is 21.2. The summed E-state index contributed by atoms with van der Waals surface area (Å²) < 4.78 is 17.9. The van der Waals surface area contributed by atoms with Gasteiger partial charge in [-0.2, -0.15) is 0 Å². The number of piperidine rings is 2. The minimum atomic E-state index is -0.639. The van der Waals surface area contributed by atoms with Crippen molar-refractivity contribution in [3.8, 4) is 0 Å². The number of allylic oxidation sites excluding steroid dienone is 6. The number of nitrogens with one attached hydrogen (secondary N) is 1. The molecule has 2 spiro atoms. The second-order valence-corrected chi connectivity index (χ2v) is 31.1. The van der Waals surface area contributed by atoms with E-state index in [1.807, 2.05) is 30.4 Å². The summed E-state index contributed by atoms with van der Waals surface area (Å²) in [5.74, 6) is 6.10. The van der Waals surface area contributed by atoms with Crippen LogP contribution in [0.4, 0.5) is 0 Å². The first-order chi connectivity index (χ1) is 44.3. The standard InChI is InChI=1S/C35H47NO2.C28H41NO2.C7H6O.C4H6O4.C2H3BO2.CH2Cl2.Na/c1-22-16-32-33(36(20-22)21-25-8-6-5-7-9-25)24(3)35(38-32)15-13-28-29-11-10-26-17-27(37)12-14-34(26,4)31(29)18-30(28)23(2)19-35;1-16-11-25-26(29-15-16)18(3)28(31-25)10-8-21-22-6-5-19-12-20(30)7-9-27(19,4)24(22)13-23(21)17(2)14-28;8-6-7-4-2-1-3-5-7;1-3(5)7-8-4(2)6;1-2(4)5-3;2-1-3;/h5-9,17,22,24,28-29,31-33H,10-16,18-21H2,1-4H3;12,16,18,21-22,24-26,29H,5-11,13-15H2,1-4H3;1-6H;1-2H3;1H3;1H2;/q;;;;-1;;+1/t22-,24+,28-,29-,31-,32+,33-,34-,35-;16-,18+,21-,22-,24-,25+,26-,27-,28-;;;;;/m00...../s1. The van der Waals surface area contributed by atoms with Gasteiger partial charge in [0.25, 0.3) is 0 Å². The number of benzene rings is 2. The van der Waals surface area contributed by atoms with Crippen LogP contribution < -0.4 is 34.9 Å². The van der Waals surface area contributed by atoms with Gasteiger partial charge in [0.1, 0.15) is 6.29 Å². The zero-order chi connectivity index (χ0) is 67.2. The molecule has 4 aliphatic heterocycles. The Kier molecular flexibility index (Phi) is 26.7. The van der Waals surface area contributed by atoms with Gasteiger partial charge in [0.2, 0.25) is 5.97 Å². The number of ether oxygens (including phenoxy) is 2. The van der Waals surface area contributed by atoms with Gasteiger partial charge in [-0.3, -0.25) is 24.1 Å². The summed E-state index contributed by atoms with van der Waals surface area (Å²) in [6.07, 6.45) is 26.5. The zero-order valence-corrected chi connectivity index (χ0v) is 61.9. The molecule has 18 atom stereocenters. The van der Waals surface area contributed by atoms with Crippen LogP contribution in [-0.4, -0.2) is 103 Å². The number of ketones is 2. The minimum Gasteiger partial charge on any atom is -0.793 e. The van der Waals surface area contributed by atoms with Crippen LogP contribution in [-0.2, 0) is 54.4 Å². The van der Waals surface area contributed by atoms with Gasteiger partial charge in [-0.15, -0.1) is 23.2 Å². The van der Waals surface area contributed by atoms with E-state index in [-0.39, 0.29) is 56.9 Å². The molecule has 3 radical (unpaired) electrons. The molecule has 4 saturated heterocycles. The van der Waals surface area contributed by atoms with E-state index in [1.165, 1.54) is 94.4 Å². The first-order valence-corrected chi connectivity index (χ1v) is 36.0. The predicted molar refractivity (Wildman–Crippen MR) is 366 cm³/mol. The van der Waals surface area contributed by atoms with Crippen molar-refractivity contribution in [2.45, 2.75) is 234 Å². The molecule has 8 aliphatic carbocycles. The maximum absolute atomic E-state index is 12.2. The number of likely N-dealkylation sites (tertiary alicyclic amines) is 1. The van der Waals surface area contributed by atoms with Gasteiger partial charge in [-0.25, -0.2) is 19.4 Å². The molecule has 0 amide bonds. The number of fused-ring (bicyclic) bond motifs is 12. The molecule has 0 unspecified atom stereocenters. The Hall–Kier alpha value is -3.70. The van der Waals surface area contributed by atoms with Crippen LogP contribution >= 0.6 is 23.2 Å². The Bertz CT molecular complexity index is 3130. The third-order valence-corrected chi connectivity index (χ3v) is 24.7. The normalized spacial score (nSPS) is 37.1. The first kappa shape index (κ1) is 76.1. The summed E-state index contributed by atoms with van der Waals surface area (Å²) in [5, 5.41) is 4.04. The Morgan fingerprint density at radius 1 is 0.660 bits per heavy atom. The van der Waals surface area contributed by atoms with Crippen LogP contribution in [0.25, 0.3) is 0 Å². The van der Waals surface area contributed by atoms with E-state index in [4.69, 9.17) is 32.7 Å². The van der Waals surface area contributed by atoms with Crippen molar-refractivity contribution in [3.63, 3.8) is 0 Å². The number of alkyl halides is 2. The smallest absolute Gasteiger partial charge is 0.793 e. The summed E-state index contributed by atoms with van der Waals surface area (Å²) in [6.45, 7) is 26.5. The first-order valence-electron chi connectivity index (χ1n) is 34.9. The van der Waals surface area contributed by atoms with Gasteiger partial charge < -0.3 is 27.5 Å². The molecular formula is C77H105BCl2N2NaO11. The minimum absolute atomic E-state index is 0. The van der Waals surface area contributed by atoms with E-state index in [0.29, 0.717) is 53.6 Å². The molecule has 2 aromatic carbocycles. The van der Waals surface area contributed by atoms with E-state index in [2.05, 4.69) is 118 Å². The van der Waals surface area contributed by atoms with Gasteiger partial charge in [0.05, 0.1) is 28.7 Å². The van der Waals surface area contributed by atoms with Gasteiger partial charge in [0, 0.05) is 76.2 Å². The van der Waals surface area contributed by atoms with Crippen LogP contribution in [0.2, 0.25) is 0 Å². The molecule has 507 valence electrons. The number of halogens is 2. The number of nitrogens with zero attached hydrogens (tertiary/aromatic N) is 1. The van der Waals surface area contributed by atoms with Gasteiger partial charge in [-0.1, -0.05) is 136 Å². The summed E-state index contributed by atoms with van der Waals surface area (Å²) in [4.78, 5) is 73.9. The van der Waals surface area contributed by atoms with Crippen LogP contribution in [0.3, 0.4) is 0 Å². The third kappa shape index (κ3) is 16.8. The topological polar surface area (TPSA) is 164 Å². The van der Waals surface area contributed by atoms with Crippen molar-refractivity contribution in [1.29, 1.82) is 0 Å². The van der Waals surface area contributed by atoms with Crippen LogP contribution in [0.5, 0.6) is 0 Å². The third-order valence-electron chi connectivity index (χ3n) is 24.7. The van der Waals surface area contributed by atoms with Crippen molar-refractivity contribution >= 4 is 67.0 Å². The number of rotatable bonds is 3. The molecule has 4 heterocycles. The fourth-order valence-corrected chi connectivity index (χ4v) is 20.3. The Morgan fingerprint density at radius 3 is 1.57 bits per heavy atom. The van der Waals surface area contributed by atoms with Crippen molar-refractivity contribution in [2.75, 3.05) is 18.4 Å². The molecular weight excluding hydrogens is 1230 g/mol. The Labute approximate surface area is 594 Å². The van der Waals surface area contributed by atoms with Crippen LogP contribution in [0, 0.1) is 70.0 Å². The fourth-order valence-electron chi connectivity index (χ4n) is 20.3. The average Bonchev–Trinajstić information content (AvgIpc) is 1.08. The SMILES string of the molecule is CC(=O)OOC(C)=O.CC1=C2C[C@H]3[C@@H](CCC4=CC(=O)CC[C@@]43C)[C@@H]2CC[C@@]2(C1)O[C@@H]1C[C@H](C)CN(Cc3ccccc3)[C@H]1[C@H]2C.CC1=C2C[C@H]3[C@@H](CCC4=CC(=O)CC[C@@]43C)[C@@H]2CC[C@@]2(C1)O[C@@H]1C[C@H](C)CN[C@H]1[C@H]2C.ClCCl.O=Cc1ccccc1.[B-]OC(C)=O.[Na+]. The molecule has 13 nitrogen and oxygen atoms in total. The Balaban J connectivity index is 0.000000179. The number of carbonyl (C=O) groups is 6. The van der Waals surface area contributed by atoms with E-state index in [0.717, 1.165) is 132 Å². The fraction of sp³-hybridized carbons (Fsp3) is 0.662. The largest absolute Gasteiger partial charge is 1.00 e. The summed E-state index contributed by atoms with van der Waals surface area (Å²) in [7, 11) is 4.32. The van der Waals surface area contributed by atoms with Crippen LogP contribution in [0.1, 0.15) is 208 Å². The number of hydrogen-bond donors (Lipinski definition) is 1. The molecule has 14 rings (SSSR count). The zero-order valence-electron chi connectivity index (χ0n) is 58.4. The van der Waals surface area contributed by atoms with E-state index >= 15 is 0 Å². The molecule has 0 bridgehead atoms.